The Bertz CT molecular complexity index is 662. The molecule has 1 N–H and O–H groups in total. The van der Waals surface area contributed by atoms with Crippen molar-refractivity contribution in [2.45, 2.75) is 25.4 Å². The highest BCUT2D eigenvalue weighted by atomic mass is 19.4. The summed E-state index contributed by atoms with van der Waals surface area (Å²) in [6, 6.07) is 5.84. The lowest BCUT2D eigenvalue weighted by Crippen LogP contribution is -2.22. The summed E-state index contributed by atoms with van der Waals surface area (Å²) >= 11 is 0. The highest BCUT2D eigenvalue weighted by Gasteiger charge is 2.29. The lowest BCUT2D eigenvalue weighted by molar-refractivity contribution is -0.127. The van der Waals surface area contributed by atoms with Crippen LogP contribution in [0.4, 0.5) is 17.6 Å². The fourth-order valence-corrected chi connectivity index (χ4v) is 1.84. The van der Waals surface area contributed by atoms with Crippen molar-refractivity contribution >= 4 is 0 Å². The Hall–Kier alpha value is -2.18. The molecule has 0 atom stereocenters. The number of nitrogens with one attached hydrogen (secondary N) is 1. The summed E-state index contributed by atoms with van der Waals surface area (Å²) in [5, 5.41) is 0. The summed E-state index contributed by atoms with van der Waals surface area (Å²) < 4.78 is 49.4. The molecule has 2 rings (SSSR count). The first-order valence-corrected chi connectivity index (χ1v) is 6.22. The van der Waals surface area contributed by atoms with Crippen LogP contribution in [-0.4, -0.2) is 16.1 Å². The molecular formula is C14H12F4N2O. The second-order valence-electron chi connectivity index (χ2n) is 4.60. The van der Waals surface area contributed by atoms with Crippen molar-refractivity contribution in [1.29, 1.82) is 0 Å². The first-order chi connectivity index (χ1) is 9.83. The monoisotopic (exact) mass is 300 g/mol. The Morgan fingerprint density at radius 2 is 1.76 bits per heavy atom. The van der Waals surface area contributed by atoms with Gasteiger partial charge in [0.2, 0.25) is 0 Å². The topological polar surface area (TPSA) is 45.8 Å². The van der Waals surface area contributed by atoms with Gasteiger partial charge in [-0.3, -0.25) is 4.79 Å². The highest BCUT2D eigenvalue weighted by Crippen LogP contribution is 2.18. The zero-order chi connectivity index (χ0) is 15.5. The van der Waals surface area contributed by atoms with Crippen molar-refractivity contribution in [3.8, 4) is 0 Å². The van der Waals surface area contributed by atoms with Gasteiger partial charge in [-0.1, -0.05) is 12.1 Å². The van der Waals surface area contributed by atoms with Gasteiger partial charge in [0.25, 0.3) is 5.56 Å². The molecule has 1 heterocycles. The van der Waals surface area contributed by atoms with E-state index in [-0.39, 0.29) is 5.82 Å². The first-order valence-electron chi connectivity index (χ1n) is 6.22. The van der Waals surface area contributed by atoms with Crippen LogP contribution >= 0.6 is 0 Å². The zero-order valence-electron chi connectivity index (χ0n) is 10.9. The smallest absolute Gasteiger partial charge is 0.310 e. The van der Waals surface area contributed by atoms with E-state index in [1.165, 1.54) is 12.1 Å². The summed E-state index contributed by atoms with van der Waals surface area (Å²) in [5.74, 6) is -0.0444. The van der Waals surface area contributed by atoms with Crippen LogP contribution in [0.25, 0.3) is 0 Å². The van der Waals surface area contributed by atoms with Gasteiger partial charge in [0.1, 0.15) is 11.6 Å². The minimum Gasteiger partial charge on any atom is -0.310 e. The number of benzene rings is 1. The molecule has 0 aliphatic rings. The number of aromatic nitrogens is 2. The van der Waals surface area contributed by atoms with E-state index in [9.17, 15) is 22.4 Å². The molecular weight excluding hydrogens is 288 g/mol. The third-order valence-electron chi connectivity index (χ3n) is 2.88. The number of nitrogens with zero attached hydrogens (tertiary/aromatic N) is 1. The Kier molecular flexibility index (Phi) is 4.40. The normalized spacial score (nSPS) is 11.6. The molecule has 1 aromatic carbocycles. The van der Waals surface area contributed by atoms with Gasteiger partial charge in [-0.25, -0.2) is 9.37 Å². The third-order valence-corrected chi connectivity index (χ3v) is 2.88. The SMILES string of the molecule is O=c1[nH]c(CCc2ccc(F)cc2)ncc1CC(F)(F)F. The number of aryl methyl sites for hydroxylation is 2. The maximum atomic E-state index is 12.7. The number of hydrogen-bond donors (Lipinski definition) is 1. The minimum absolute atomic E-state index is 0.301. The van der Waals surface area contributed by atoms with E-state index in [1.807, 2.05) is 0 Å². The molecule has 7 heteroatoms. The van der Waals surface area contributed by atoms with Crippen molar-refractivity contribution in [1.82, 2.24) is 9.97 Å². The molecule has 0 saturated carbocycles. The second-order valence-corrected chi connectivity index (χ2v) is 4.60. The molecule has 0 radical (unpaired) electrons. The van der Waals surface area contributed by atoms with Crippen LogP contribution in [0.1, 0.15) is 17.0 Å². The van der Waals surface area contributed by atoms with Gasteiger partial charge in [0.05, 0.1) is 6.42 Å². The predicted molar refractivity (Wildman–Crippen MR) is 68.4 cm³/mol. The van der Waals surface area contributed by atoms with Crippen LogP contribution in [0, 0.1) is 5.82 Å². The van der Waals surface area contributed by atoms with Crippen LogP contribution in [0.5, 0.6) is 0 Å². The maximum Gasteiger partial charge on any atom is 0.393 e. The Morgan fingerprint density at radius 3 is 2.33 bits per heavy atom. The molecule has 0 aliphatic carbocycles. The van der Waals surface area contributed by atoms with Crippen LogP contribution in [0.2, 0.25) is 0 Å². The molecule has 0 amide bonds. The Labute approximate surface area is 117 Å². The molecule has 0 unspecified atom stereocenters. The third kappa shape index (κ3) is 4.70. The molecule has 0 saturated heterocycles. The number of rotatable bonds is 4. The summed E-state index contributed by atoms with van der Waals surface area (Å²) in [7, 11) is 0. The number of alkyl halides is 3. The van der Waals surface area contributed by atoms with Gasteiger partial charge >= 0.3 is 6.18 Å². The summed E-state index contributed by atoms with van der Waals surface area (Å²) in [6.45, 7) is 0. The van der Waals surface area contributed by atoms with E-state index >= 15 is 0 Å². The van der Waals surface area contributed by atoms with Gasteiger partial charge in [-0.05, 0) is 24.1 Å². The maximum absolute atomic E-state index is 12.7. The van der Waals surface area contributed by atoms with E-state index in [2.05, 4.69) is 9.97 Å². The van der Waals surface area contributed by atoms with Gasteiger partial charge in [-0.2, -0.15) is 13.2 Å². The fraction of sp³-hybridized carbons (Fsp3) is 0.286. The molecule has 0 spiro atoms. The van der Waals surface area contributed by atoms with E-state index < -0.39 is 23.7 Å². The number of aromatic amines is 1. The Balaban J connectivity index is 2.03. The largest absolute Gasteiger partial charge is 0.393 e. The van der Waals surface area contributed by atoms with Crippen molar-refractivity contribution in [2.24, 2.45) is 0 Å². The summed E-state index contributed by atoms with van der Waals surface area (Å²) in [4.78, 5) is 17.7. The summed E-state index contributed by atoms with van der Waals surface area (Å²) in [5.41, 5.74) is -0.345. The predicted octanol–water partition coefficient (Wildman–Crippen LogP) is 2.80. The van der Waals surface area contributed by atoms with Gasteiger partial charge in [-0.15, -0.1) is 0 Å². The molecule has 1 aromatic heterocycles. The summed E-state index contributed by atoms with van der Waals surface area (Å²) in [6.07, 6.45) is -3.93. The van der Waals surface area contributed by atoms with Gasteiger partial charge in [0, 0.05) is 18.2 Å². The highest BCUT2D eigenvalue weighted by molar-refractivity contribution is 5.17. The standard InChI is InChI=1S/C14H12F4N2O/c15-11-4-1-9(2-5-11)3-6-12-19-8-10(13(21)20-12)7-14(16,17)18/h1-2,4-5,8H,3,6-7H2,(H,19,20,21). The van der Waals surface area contributed by atoms with Crippen LogP contribution < -0.4 is 5.56 Å². The molecule has 21 heavy (non-hydrogen) atoms. The lowest BCUT2D eigenvalue weighted by Gasteiger charge is -2.06. The van der Waals surface area contributed by atoms with Crippen molar-refractivity contribution in [3.63, 3.8) is 0 Å². The van der Waals surface area contributed by atoms with E-state index in [4.69, 9.17) is 0 Å². The fourth-order valence-electron chi connectivity index (χ4n) is 1.84. The first kappa shape index (κ1) is 15.2. The second kappa shape index (κ2) is 6.07. The van der Waals surface area contributed by atoms with Gasteiger partial charge < -0.3 is 4.98 Å². The van der Waals surface area contributed by atoms with Crippen LogP contribution in [-0.2, 0) is 19.3 Å². The molecule has 0 fully saturated rings. The number of H-pyrrole nitrogens is 1. The molecule has 0 bridgehead atoms. The number of halogens is 4. The van der Waals surface area contributed by atoms with Gasteiger partial charge in [0.15, 0.2) is 0 Å². The van der Waals surface area contributed by atoms with E-state index in [1.54, 1.807) is 12.1 Å². The van der Waals surface area contributed by atoms with E-state index in [0.717, 1.165) is 11.8 Å². The Morgan fingerprint density at radius 1 is 1.10 bits per heavy atom. The van der Waals surface area contributed by atoms with Crippen molar-refractivity contribution < 1.29 is 17.6 Å². The van der Waals surface area contributed by atoms with E-state index in [0.29, 0.717) is 18.7 Å². The molecule has 112 valence electrons. The van der Waals surface area contributed by atoms with Crippen LogP contribution in [0.15, 0.2) is 35.3 Å². The van der Waals surface area contributed by atoms with Crippen LogP contribution in [0.3, 0.4) is 0 Å². The number of hydrogen-bond acceptors (Lipinski definition) is 2. The molecule has 2 aromatic rings. The van der Waals surface area contributed by atoms with Crippen molar-refractivity contribution in [3.05, 3.63) is 63.6 Å². The molecule has 0 aliphatic heterocycles. The molecule has 3 nitrogen and oxygen atoms in total. The van der Waals surface area contributed by atoms with Crippen molar-refractivity contribution in [2.75, 3.05) is 0 Å². The average Bonchev–Trinajstić information content (AvgIpc) is 2.40. The quantitative estimate of drug-likeness (QED) is 0.883. The lowest BCUT2D eigenvalue weighted by atomic mass is 10.1. The minimum atomic E-state index is -4.44. The zero-order valence-corrected chi connectivity index (χ0v) is 10.9. The average molecular weight is 300 g/mol.